The first-order valence-corrected chi connectivity index (χ1v) is 8.26. The second-order valence-corrected chi connectivity index (χ2v) is 6.95. The lowest BCUT2D eigenvalue weighted by molar-refractivity contribution is -0.122. The van der Waals surface area contributed by atoms with Gasteiger partial charge in [-0.3, -0.25) is 4.79 Å². The average Bonchev–Trinajstić information content (AvgIpc) is 3.15. The van der Waals surface area contributed by atoms with Crippen LogP contribution >= 0.6 is 0 Å². The molecule has 3 heteroatoms. The fourth-order valence-corrected chi connectivity index (χ4v) is 4.12. The number of fused-ring (bicyclic) bond motifs is 1. The van der Waals surface area contributed by atoms with Crippen LogP contribution in [0.4, 0.5) is 0 Å². The molecule has 2 saturated carbocycles. The molecule has 0 spiro atoms. The highest BCUT2D eigenvalue weighted by Crippen LogP contribution is 2.55. The first-order chi connectivity index (χ1) is 9.25. The molecule has 3 aliphatic rings. The van der Waals surface area contributed by atoms with Crippen molar-refractivity contribution in [2.45, 2.75) is 45.4 Å². The molecule has 2 atom stereocenters. The van der Waals surface area contributed by atoms with Gasteiger partial charge in [0.25, 0.3) is 0 Å². The molecule has 1 N–H and O–H groups in total. The summed E-state index contributed by atoms with van der Waals surface area (Å²) in [7, 11) is 0. The normalized spacial score (nSPS) is 35.7. The van der Waals surface area contributed by atoms with Gasteiger partial charge in [-0.25, -0.2) is 0 Å². The highest BCUT2D eigenvalue weighted by atomic mass is 16.2. The highest BCUT2D eigenvalue weighted by Gasteiger charge is 2.54. The molecule has 0 radical (unpaired) electrons. The molecule has 0 unspecified atom stereocenters. The van der Waals surface area contributed by atoms with Crippen LogP contribution in [-0.2, 0) is 4.79 Å². The van der Waals surface area contributed by atoms with Crippen molar-refractivity contribution >= 4 is 5.91 Å². The van der Waals surface area contributed by atoms with Crippen LogP contribution in [0.3, 0.4) is 0 Å². The largest absolute Gasteiger partial charge is 0.355 e. The van der Waals surface area contributed by atoms with E-state index in [2.05, 4.69) is 17.1 Å². The van der Waals surface area contributed by atoms with Gasteiger partial charge in [-0.05, 0) is 56.5 Å². The number of carbonyl (C=O) groups excluding carboxylic acids is 1. The second kappa shape index (κ2) is 5.82. The Kier molecular flexibility index (Phi) is 4.11. The molecule has 3 rings (SSSR count). The maximum atomic E-state index is 12.1. The molecule has 1 amide bonds. The highest BCUT2D eigenvalue weighted by molar-refractivity contribution is 5.82. The molecule has 1 aliphatic heterocycles. The van der Waals surface area contributed by atoms with Crippen molar-refractivity contribution < 1.29 is 4.79 Å². The molecule has 1 saturated heterocycles. The SMILES string of the molecule is CC1CCN(CCNC(=O)C2[C@@H]3CCCC[C@@H]23)CC1. The van der Waals surface area contributed by atoms with Crippen molar-refractivity contribution in [3.05, 3.63) is 0 Å². The summed E-state index contributed by atoms with van der Waals surface area (Å²) in [5.41, 5.74) is 0. The van der Waals surface area contributed by atoms with E-state index in [4.69, 9.17) is 0 Å². The third kappa shape index (κ3) is 3.13. The van der Waals surface area contributed by atoms with Gasteiger partial charge in [-0.15, -0.1) is 0 Å². The molecular formula is C16H28N2O. The molecule has 108 valence electrons. The maximum Gasteiger partial charge on any atom is 0.223 e. The van der Waals surface area contributed by atoms with Crippen LogP contribution in [0.1, 0.15) is 45.4 Å². The molecule has 19 heavy (non-hydrogen) atoms. The number of nitrogens with zero attached hydrogens (tertiary/aromatic N) is 1. The van der Waals surface area contributed by atoms with Crippen LogP contribution in [0.5, 0.6) is 0 Å². The van der Waals surface area contributed by atoms with E-state index in [-0.39, 0.29) is 0 Å². The summed E-state index contributed by atoms with van der Waals surface area (Å²) < 4.78 is 0. The monoisotopic (exact) mass is 264 g/mol. The third-order valence-electron chi connectivity index (χ3n) is 5.56. The molecule has 3 fully saturated rings. The number of amides is 1. The molecule has 0 bridgehead atoms. The van der Waals surface area contributed by atoms with Crippen molar-refractivity contribution in [2.24, 2.45) is 23.7 Å². The van der Waals surface area contributed by atoms with Crippen LogP contribution < -0.4 is 5.32 Å². The van der Waals surface area contributed by atoms with E-state index in [0.717, 1.165) is 30.8 Å². The van der Waals surface area contributed by atoms with E-state index in [1.807, 2.05) is 0 Å². The third-order valence-corrected chi connectivity index (χ3v) is 5.56. The maximum absolute atomic E-state index is 12.1. The number of rotatable bonds is 4. The smallest absolute Gasteiger partial charge is 0.223 e. The van der Waals surface area contributed by atoms with Crippen molar-refractivity contribution in [3.63, 3.8) is 0 Å². The van der Waals surface area contributed by atoms with Gasteiger partial charge in [0.15, 0.2) is 0 Å². The topological polar surface area (TPSA) is 32.3 Å². The molecule has 0 aromatic carbocycles. The average molecular weight is 264 g/mol. The van der Waals surface area contributed by atoms with E-state index in [0.29, 0.717) is 11.8 Å². The van der Waals surface area contributed by atoms with Crippen molar-refractivity contribution in [1.29, 1.82) is 0 Å². The summed E-state index contributed by atoms with van der Waals surface area (Å²) in [4.78, 5) is 14.6. The Morgan fingerprint density at radius 2 is 1.74 bits per heavy atom. The Balaban J connectivity index is 1.33. The van der Waals surface area contributed by atoms with Gasteiger partial charge in [0.05, 0.1) is 0 Å². The van der Waals surface area contributed by atoms with Gasteiger partial charge < -0.3 is 10.2 Å². The lowest BCUT2D eigenvalue weighted by Gasteiger charge is -2.30. The van der Waals surface area contributed by atoms with E-state index in [1.54, 1.807) is 0 Å². The molecular weight excluding hydrogens is 236 g/mol. The minimum Gasteiger partial charge on any atom is -0.355 e. The van der Waals surface area contributed by atoms with E-state index in [9.17, 15) is 4.79 Å². The van der Waals surface area contributed by atoms with E-state index in [1.165, 1.54) is 51.6 Å². The summed E-state index contributed by atoms with van der Waals surface area (Å²) in [5.74, 6) is 3.10. The number of likely N-dealkylation sites (tertiary alicyclic amines) is 1. The standard InChI is InChI=1S/C16H28N2O/c1-12-6-9-18(10-7-12)11-8-17-16(19)15-13-4-2-3-5-14(13)15/h12-15H,2-11H2,1H3,(H,17,19)/t13-,14-/m1/s1. The quantitative estimate of drug-likeness (QED) is 0.845. The Hall–Kier alpha value is -0.570. The molecule has 3 nitrogen and oxygen atoms in total. The molecule has 0 aromatic rings. The summed E-state index contributed by atoms with van der Waals surface area (Å²) in [6, 6.07) is 0. The minimum absolute atomic E-state index is 0.349. The lowest BCUT2D eigenvalue weighted by atomic mass is 9.99. The molecule has 2 aliphatic carbocycles. The number of carbonyl (C=O) groups is 1. The van der Waals surface area contributed by atoms with E-state index < -0.39 is 0 Å². The van der Waals surface area contributed by atoms with Gasteiger partial charge >= 0.3 is 0 Å². The summed E-state index contributed by atoms with van der Waals surface area (Å²) in [6.45, 7) is 6.66. The van der Waals surface area contributed by atoms with Crippen LogP contribution in [-0.4, -0.2) is 37.0 Å². The minimum atomic E-state index is 0.349. The fraction of sp³-hybridized carbons (Fsp3) is 0.938. The van der Waals surface area contributed by atoms with Crippen LogP contribution in [0.15, 0.2) is 0 Å². The number of nitrogens with one attached hydrogen (secondary N) is 1. The first-order valence-electron chi connectivity index (χ1n) is 8.26. The second-order valence-electron chi connectivity index (χ2n) is 6.95. The van der Waals surface area contributed by atoms with Gasteiger partial charge in [0, 0.05) is 19.0 Å². The van der Waals surface area contributed by atoms with Crippen LogP contribution in [0, 0.1) is 23.7 Å². The zero-order chi connectivity index (χ0) is 13.2. The van der Waals surface area contributed by atoms with E-state index >= 15 is 0 Å². The Morgan fingerprint density at radius 3 is 2.37 bits per heavy atom. The summed E-state index contributed by atoms with van der Waals surface area (Å²) in [5, 5.41) is 3.18. The van der Waals surface area contributed by atoms with Crippen molar-refractivity contribution in [2.75, 3.05) is 26.2 Å². The Labute approximate surface area is 117 Å². The predicted octanol–water partition coefficient (Wildman–Crippen LogP) is 2.27. The molecule has 1 heterocycles. The first kappa shape index (κ1) is 13.4. The van der Waals surface area contributed by atoms with Crippen LogP contribution in [0.25, 0.3) is 0 Å². The number of piperidine rings is 1. The van der Waals surface area contributed by atoms with Gasteiger partial charge in [-0.1, -0.05) is 19.8 Å². The number of hydrogen-bond donors (Lipinski definition) is 1. The Morgan fingerprint density at radius 1 is 1.11 bits per heavy atom. The van der Waals surface area contributed by atoms with Crippen LogP contribution in [0.2, 0.25) is 0 Å². The van der Waals surface area contributed by atoms with Crippen molar-refractivity contribution in [1.82, 2.24) is 10.2 Å². The Bertz CT molecular complexity index is 311. The fourth-order valence-electron chi connectivity index (χ4n) is 4.12. The van der Waals surface area contributed by atoms with Crippen molar-refractivity contribution in [3.8, 4) is 0 Å². The zero-order valence-electron chi connectivity index (χ0n) is 12.2. The zero-order valence-corrected chi connectivity index (χ0v) is 12.2. The predicted molar refractivity (Wildman–Crippen MR) is 76.8 cm³/mol. The van der Waals surface area contributed by atoms with Gasteiger partial charge in [-0.2, -0.15) is 0 Å². The van der Waals surface area contributed by atoms with Gasteiger partial charge in [0.1, 0.15) is 0 Å². The number of hydrogen-bond acceptors (Lipinski definition) is 2. The summed E-state index contributed by atoms with van der Waals surface area (Å²) >= 11 is 0. The lowest BCUT2D eigenvalue weighted by Crippen LogP contribution is -2.39. The van der Waals surface area contributed by atoms with Gasteiger partial charge in [0.2, 0.25) is 5.91 Å². The molecule has 0 aromatic heterocycles. The summed E-state index contributed by atoms with van der Waals surface area (Å²) in [6.07, 6.45) is 7.93.